The van der Waals surface area contributed by atoms with Gasteiger partial charge in [0.15, 0.2) is 0 Å². The molecule has 0 saturated heterocycles. The van der Waals surface area contributed by atoms with Crippen LogP contribution in [-0.2, 0) is 20.9 Å². The van der Waals surface area contributed by atoms with E-state index < -0.39 is 12.1 Å². The standard InChI is InChI=1S/C18H25NO4/c20-17(23-16-11-7-2-1-3-8-12-16)13-19-18(21)22-14-15-9-5-4-6-10-15/h4-6,9-10,16H,1-3,7-8,11-14H2,(H,19,21). The number of amides is 1. The van der Waals surface area contributed by atoms with Crippen LogP contribution in [0.15, 0.2) is 30.3 Å². The molecule has 1 aromatic carbocycles. The number of nitrogens with one attached hydrogen (secondary N) is 1. The summed E-state index contributed by atoms with van der Waals surface area (Å²) in [6.07, 6.45) is 7.11. The van der Waals surface area contributed by atoms with Crippen LogP contribution in [0.5, 0.6) is 0 Å². The Morgan fingerprint density at radius 3 is 2.35 bits per heavy atom. The van der Waals surface area contributed by atoms with Crippen molar-refractivity contribution >= 4 is 12.1 Å². The van der Waals surface area contributed by atoms with E-state index in [1.807, 2.05) is 30.3 Å². The summed E-state index contributed by atoms with van der Waals surface area (Å²) in [6, 6.07) is 9.40. The van der Waals surface area contributed by atoms with E-state index in [0.717, 1.165) is 31.2 Å². The molecule has 0 heterocycles. The van der Waals surface area contributed by atoms with Crippen LogP contribution in [0.1, 0.15) is 50.5 Å². The number of esters is 1. The molecule has 0 aliphatic heterocycles. The van der Waals surface area contributed by atoms with Gasteiger partial charge < -0.3 is 14.8 Å². The Bertz CT molecular complexity index is 481. The van der Waals surface area contributed by atoms with Crippen LogP contribution in [0.2, 0.25) is 0 Å². The first kappa shape index (κ1) is 17.3. The highest BCUT2D eigenvalue weighted by atomic mass is 16.6. The Kier molecular flexibility index (Phi) is 7.43. The fourth-order valence-electron chi connectivity index (χ4n) is 2.68. The Balaban J connectivity index is 1.62. The molecule has 0 radical (unpaired) electrons. The van der Waals surface area contributed by atoms with Gasteiger partial charge in [-0.25, -0.2) is 4.79 Å². The predicted molar refractivity (Wildman–Crippen MR) is 86.8 cm³/mol. The fourth-order valence-corrected chi connectivity index (χ4v) is 2.68. The number of ether oxygens (including phenoxy) is 2. The summed E-state index contributed by atoms with van der Waals surface area (Å²) in [6.45, 7) is 0.0362. The third kappa shape index (κ3) is 7.17. The van der Waals surface area contributed by atoms with Crippen LogP contribution in [0, 0.1) is 0 Å². The second kappa shape index (κ2) is 9.87. The van der Waals surface area contributed by atoms with Crippen LogP contribution in [0.4, 0.5) is 4.79 Å². The zero-order chi connectivity index (χ0) is 16.3. The average molecular weight is 319 g/mol. The van der Waals surface area contributed by atoms with Gasteiger partial charge in [-0.05, 0) is 31.2 Å². The van der Waals surface area contributed by atoms with Crippen LogP contribution >= 0.6 is 0 Å². The third-order valence-electron chi connectivity index (χ3n) is 3.94. The van der Waals surface area contributed by atoms with E-state index in [0.29, 0.717) is 0 Å². The van der Waals surface area contributed by atoms with Crippen molar-refractivity contribution in [2.24, 2.45) is 0 Å². The second-order valence-electron chi connectivity index (χ2n) is 5.87. The van der Waals surface area contributed by atoms with Crippen molar-refractivity contribution in [2.45, 2.75) is 57.7 Å². The number of hydrogen-bond donors (Lipinski definition) is 1. The molecule has 5 nitrogen and oxygen atoms in total. The van der Waals surface area contributed by atoms with E-state index in [2.05, 4.69) is 5.32 Å². The molecule has 1 aromatic rings. The van der Waals surface area contributed by atoms with E-state index in [9.17, 15) is 9.59 Å². The van der Waals surface area contributed by atoms with E-state index in [1.54, 1.807) is 0 Å². The molecule has 0 spiro atoms. The van der Waals surface area contributed by atoms with Gasteiger partial charge in [0.05, 0.1) is 0 Å². The van der Waals surface area contributed by atoms with Gasteiger partial charge in [0.2, 0.25) is 0 Å². The number of hydrogen-bond acceptors (Lipinski definition) is 4. The van der Waals surface area contributed by atoms with Gasteiger partial charge in [-0.1, -0.05) is 49.6 Å². The monoisotopic (exact) mass is 319 g/mol. The van der Waals surface area contributed by atoms with Crippen molar-refractivity contribution in [1.82, 2.24) is 5.32 Å². The maximum atomic E-state index is 11.8. The Hall–Kier alpha value is -2.04. The Morgan fingerprint density at radius 1 is 1.00 bits per heavy atom. The van der Waals surface area contributed by atoms with Crippen LogP contribution in [0.3, 0.4) is 0 Å². The van der Waals surface area contributed by atoms with Crippen molar-refractivity contribution in [3.8, 4) is 0 Å². The Labute approximate surface area is 137 Å². The molecule has 0 unspecified atom stereocenters. The van der Waals surface area contributed by atoms with Crippen molar-refractivity contribution in [1.29, 1.82) is 0 Å². The van der Waals surface area contributed by atoms with Gasteiger partial charge in [0.1, 0.15) is 19.3 Å². The van der Waals surface area contributed by atoms with Gasteiger partial charge in [-0.15, -0.1) is 0 Å². The molecular weight excluding hydrogens is 294 g/mol. The maximum absolute atomic E-state index is 11.8. The summed E-state index contributed by atoms with van der Waals surface area (Å²) in [5.74, 6) is -0.396. The molecule has 1 aliphatic rings. The molecule has 5 heteroatoms. The minimum absolute atomic E-state index is 0.00932. The topological polar surface area (TPSA) is 64.6 Å². The SMILES string of the molecule is O=C(CNC(=O)OCc1ccccc1)OC1CCCCCCC1. The van der Waals surface area contributed by atoms with Crippen molar-refractivity contribution in [3.05, 3.63) is 35.9 Å². The normalized spacial score (nSPS) is 16.0. The second-order valence-corrected chi connectivity index (χ2v) is 5.87. The summed E-state index contributed by atoms with van der Waals surface area (Å²) in [5, 5.41) is 2.43. The summed E-state index contributed by atoms with van der Waals surface area (Å²) in [7, 11) is 0. The van der Waals surface area contributed by atoms with E-state index in [-0.39, 0.29) is 19.3 Å². The number of rotatable bonds is 5. The van der Waals surface area contributed by atoms with Gasteiger partial charge in [0.25, 0.3) is 0 Å². The minimum atomic E-state index is -0.608. The summed E-state index contributed by atoms with van der Waals surface area (Å²) in [4.78, 5) is 23.4. The lowest BCUT2D eigenvalue weighted by atomic mass is 9.99. The molecule has 0 aromatic heterocycles. The third-order valence-corrected chi connectivity index (χ3v) is 3.94. The van der Waals surface area contributed by atoms with Gasteiger partial charge in [0, 0.05) is 0 Å². The molecule has 1 N–H and O–H groups in total. The van der Waals surface area contributed by atoms with E-state index >= 15 is 0 Å². The van der Waals surface area contributed by atoms with Crippen LogP contribution in [0.25, 0.3) is 0 Å². The van der Waals surface area contributed by atoms with Crippen molar-refractivity contribution in [2.75, 3.05) is 6.54 Å². The fraction of sp³-hybridized carbons (Fsp3) is 0.556. The largest absolute Gasteiger partial charge is 0.461 e. The zero-order valence-corrected chi connectivity index (χ0v) is 13.5. The summed E-state index contributed by atoms with van der Waals surface area (Å²) in [5.41, 5.74) is 0.903. The van der Waals surface area contributed by atoms with Crippen molar-refractivity contribution in [3.63, 3.8) is 0 Å². The molecule has 23 heavy (non-hydrogen) atoms. The summed E-state index contributed by atoms with van der Waals surface area (Å²) >= 11 is 0. The minimum Gasteiger partial charge on any atom is -0.461 e. The van der Waals surface area contributed by atoms with E-state index in [1.165, 1.54) is 19.3 Å². The molecule has 1 aliphatic carbocycles. The molecule has 1 amide bonds. The smallest absolute Gasteiger partial charge is 0.407 e. The number of alkyl carbamates (subject to hydrolysis) is 1. The number of carbonyl (C=O) groups is 2. The number of benzene rings is 1. The quantitative estimate of drug-likeness (QED) is 0.843. The van der Waals surface area contributed by atoms with Gasteiger partial charge >= 0.3 is 12.1 Å². The van der Waals surface area contributed by atoms with E-state index in [4.69, 9.17) is 9.47 Å². The highest BCUT2D eigenvalue weighted by Crippen LogP contribution is 2.19. The first-order valence-corrected chi connectivity index (χ1v) is 8.38. The lowest BCUT2D eigenvalue weighted by Gasteiger charge is -2.20. The number of carbonyl (C=O) groups excluding carboxylic acids is 2. The van der Waals surface area contributed by atoms with Gasteiger partial charge in [-0.2, -0.15) is 0 Å². The lowest BCUT2D eigenvalue weighted by molar-refractivity contribution is -0.148. The Morgan fingerprint density at radius 2 is 1.65 bits per heavy atom. The summed E-state index contributed by atoms with van der Waals surface area (Å²) < 4.78 is 10.5. The van der Waals surface area contributed by atoms with Gasteiger partial charge in [-0.3, -0.25) is 4.79 Å². The zero-order valence-electron chi connectivity index (χ0n) is 13.5. The highest BCUT2D eigenvalue weighted by Gasteiger charge is 2.16. The molecule has 2 rings (SSSR count). The predicted octanol–water partition coefficient (Wildman–Crippen LogP) is 3.57. The molecular formula is C18H25NO4. The van der Waals surface area contributed by atoms with Crippen LogP contribution in [-0.4, -0.2) is 24.7 Å². The molecule has 1 saturated carbocycles. The molecule has 0 atom stereocenters. The molecule has 0 bridgehead atoms. The highest BCUT2D eigenvalue weighted by molar-refractivity contribution is 5.77. The first-order valence-electron chi connectivity index (χ1n) is 8.38. The molecule has 1 fully saturated rings. The first-order chi connectivity index (χ1) is 11.2. The van der Waals surface area contributed by atoms with Crippen molar-refractivity contribution < 1.29 is 19.1 Å². The average Bonchev–Trinajstić information content (AvgIpc) is 2.54. The molecule has 126 valence electrons. The lowest BCUT2D eigenvalue weighted by Crippen LogP contribution is -2.33. The maximum Gasteiger partial charge on any atom is 0.407 e. The van der Waals surface area contributed by atoms with Crippen LogP contribution < -0.4 is 5.32 Å².